The van der Waals surface area contributed by atoms with Crippen LogP contribution in [0.3, 0.4) is 0 Å². The van der Waals surface area contributed by atoms with Gasteiger partial charge in [0.05, 0.1) is 6.04 Å². The third-order valence-corrected chi connectivity index (χ3v) is 4.19. The van der Waals surface area contributed by atoms with E-state index in [0.29, 0.717) is 12.0 Å². The molecule has 0 saturated heterocycles. The second-order valence-corrected chi connectivity index (χ2v) is 5.93. The number of carbonyl (C=O) groups is 1. The molecule has 3 heteroatoms. The summed E-state index contributed by atoms with van der Waals surface area (Å²) in [5.74, 6) is 0.551. The van der Waals surface area contributed by atoms with Crippen LogP contribution in [0.5, 0.6) is 0 Å². The summed E-state index contributed by atoms with van der Waals surface area (Å²) in [5, 5.41) is 6.48. The first-order valence-electron chi connectivity index (χ1n) is 7.75. The van der Waals surface area contributed by atoms with Crippen LogP contribution >= 0.6 is 0 Å². The molecule has 1 aromatic rings. The van der Waals surface area contributed by atoms with E-state index in [1.54, 1.807) is 0 Å². The van der Waals surface area contributed by atoms with Crippen molar-refractivity contribution in [1.82, 2.24) is 10.6 Å². The lowest BCUT2D eigenvalue weighted by Gasteiger charge is -2.20. The Labute approximate surface area is 122 Å². The fraction of sp³-hybridized carbons (Fsp3) is 0.588. The average molecular weight is 274 g/mol. The van der Waals surface area contributed by atoms with Crippen molar-refractivity contribution in [2.75, 3.05) is 6.54 Å². The molecule has 1 aromatic carbocycles. The number of carbonyl (C=O) groups excluding carboxylic acids is 1. The van der Waals surface area contributed by atoms with Gasteiger partial charge in [-0.1, -0.05) is 50.1 Å². The predicted octanol–water partition coefficient (Wildman–Crippen LogP) is 2.83. The second kappa shape index (κ2) is 7.44. The molecule has 1 fully saturated rings. The van der Waals surface area contributed by atoms with Gasteiger partial charge in [0.15, 0.2) is 0 Å². The van der Waals surface area contributed by atoms with E-state index in [2.05, 4.69) is 41.8 Å². The molecule has 0 bridgehead atoms. The van der Waals surface area contributed by atoms with Gasteiger partial charge >= 0.3 is 0 Å². The Morgan fingerprint density at radius 1 is 1.20 bits per heavy atom. The van der Waals surface area contributed by atoms with Gasteiger partial charge in [-0.25, -0.2) is 0 Å². The van der Waals surface area contributed by atoms with Crippen LogP contribution in [0.25, 0.3) is 0 Å². The standard InChI is InChI=1S/C17H26N2O/c1-13(15-8-4-3-5-9-15)12-18-14(2)17(20)19-16-10-6-7-11-16/h3-5,8-9,13-14,16,18H,6-7,10-12H2,1-2H3,(H,19,20). The van der Waals surface area contributed by atoms with Gasteiger partial charge in [-0.3, -0.25) is 4.79 Å². The SMILES string of the molecule is CC(NCC(C)c1ccccc1)C(=O)NC1CCCC1. The van der Waals surface area contributed by atoms with Crippen molar-refractivity contribution in [2.24, 2.45) is 0 Å². The summed E-state index contributed by atoms with van der Waals surface area (Å²) in [6.07, 6.45) is 4.77. The zero-order valence-electron chi connectivity index (χ0n) is 12.6. The maximum atomic E-state index is 12.1. The van der Waals surface area contributed by atoms with Crippen LogP contribution in [0.1, 0.15) is 51.0 Å². The van der Waals surface area contributed by atoms with Gasteiger partial charge in [0.1, 0.15) is 0 Å². The Hall–Kier alpha value is -1.35. The molecule has 0 aromatic heterocycles. The third kappa shape index (κ3) is 4.34. The molecule has 2 atom stereocenters. The van der Waals surface area contributed by atoms with Crippen LogP contribution in [-0.4, -0.2) is 24.5 Å². The fourth-order valence-electron chi connectivity index (χ4n) is 2.74. The molecule has 0 radical (unpaired) electrons. The third-order valence-electron chi connectivity index (χ3n) is 4.19. The topological polar surface area (TPSA) is 41.1 Å². The Kier molecular flexibility index (Phi) is 5.60. The lowest BCUT2D eigenvalue weighted by atomic mass is 10.0. The molecule has 1 amide bonds. The van der Waals surface area contributed by atoms with Crippen molar-refractivity contribution in [3.63, 3.8) is 0 Å². The Balaban J connectivity index is 1.73. The molecule has 2 N–H and O–H groups in total. The number of hydrogen-bond donors (Lipinski definition) is 2. The summed E-state index contributed by atoms with van der Waals surface area (Å²) in [7, 11) is 0. The van der Waals surface area contributed by atoms with Crippen LogP contribution in [0.15, 0.2) is 30.3 Å². The number of nitrogens with one attached hydrogen (secondary N) is 2. The van der Waals surface area contributed by atoms with Crippen molar-refractivity contribution in [1.29, 1.82) is 0 Å². The van der Waals surface area contributed by atoms with Crippen molar-refractivity contribution in [2.45, 2.75) is 57.5 Å². The molecule has 1 aliphatic carbocycles. The Bertz CT molecular complexity index is 412. The summed E-state index contributed by atoms with van der Waals surface area (Å²) >= 11 is 0. The fourth-order valence-corrected chi connectivity index (χ4v) is 2.74. The normalized spacial score (nSPS) is 18.7. The minimum absolute atomic E-state index is 0.123. The van der Waals surface area contributed by atoms with E-state index in [1.165, 1.54) is 18.4 Å². The van der Waals surface area contributed by atoms with Gasteiger partial charge in [-0.2, -0.15) is 0 Å². The average Bonchev–Trinajstić information content (AvgIpc) is 2.98. The molecule has 20 heavy (non-hydrogen) atoms. The Morgan fingerprint density at radius 2 is 1.85 bits per heavy atom. The molecule has 3 nitrogen and oxygen atoms in total. The summed E-state index contributed by atoms with van der Waals surface area (Å²) in [6, 6.07) is 10.7. The van der Waals surface area contributed by atoms with Gasteiger partial charge in [0.2, 0.25) is 5.91 Å². The maximum absolute atomic E-state index is 12.1. The minimum Gasteiger partial charge on any atom is -0.352 e. The number of hydrogen-bond acceptors (Lipinski definition) is 2. The highest BCUT2D eigenvalue weighted by Crippen LogP contribution is 2.17. The smallest absolute Gasteiger partial charge is 0.237 e. The van der Waals surface area contributed by atoms with E-state index in [4.69, 9.17) is 0 Å². The Morgan fingerprint density at radius 3 is 2.50 bits per heavy atom. The van der Waals surface area contributed by atoms with E-state index in [1.807, 2.05) is 13.0 Å². The summed E-state index contributed by atoms with van der Waals surface area (Å²) in [4.78, 5) is 12.1. The lowest BCUT2D eigenvalue weighted by Crippen LogP contribution is -2.46. The highest BCUT2D eigenvalue weighted by atomic mass is 16.2. The molecule has 1 saturated carbocycles. The summed E-state index contributed by atoms with van der Waals surface area (Å²) in [5.41, 5.74) is 1.31. The van der Waals surface area contributed by atoms with Crippen molar-refractivity contribution in [3.8, 4) is 0 Å². The van der Waals surface area contributed by atoms with Crippen LogP contribution in [0.2, 0.25) is 0 Å². The summed E-state index contributed by atoms with van der Waals surface area (Å²) in [6.45, 7) is 4.95. The van der Waals surface area contributed by atoms with Crippen LogP contribution in [0, 0.1) is 0 Å². The zero-order valence-corrected chi connectivity index (χ0v) is 12.6. The number of rotatable bonds is 6. The lowest BCUT2D eigenvalue weighted by molar-refractivity contribution is -0.123. The quantitative estimate of drug-likeness (QED) is 0.837. The van der Waals surface area contributed by atoms with Gasteiger partial charge in [-0.05, 0) is 31.2 Å². The molecule has 1 aliphatic rings. The van der Waals surface area contributed by atoms with Crippen LogP contribution in [0.4, 0.5) is 0 Å². The van der Waals surface area contributed by atoms with E-state index >= 15 is 0 Å². The van der Waals surface area contributed by atoms with Crippen molar-refractivity contribution < 1.29 is 4.79 Å². The van der Waals surface area contributed by atoms with Gasteiger partial charge in [0.25, 0.3) is 0 Å². The molecule has 110 valence electrons. The minimum atomic E-state index is -0.123. The molecule has 0 spiro atoms. The molecule has 2 rings (SSSR count). The van der Waals surface area contributed by atoms with Gasteiger partial charge in [-0.15, -0.1) is 0 Å². The summed E-state index contributed by atoms with van der Waals surface area (Å²) < 4.78 is 0. The van der Waals surface area contributed by atoms with Crippen molar-refractivity contribution in [3.05, 3.63) is 35.9 Å². The van der Waals surface area contributed by atoms with Gasteiger partial charge < -0.3 is 10.6 Å². The van der Waals surface area contributed by atoms with Crippen molar-refractivity contribution >= 4 is 5.91 Å². The molecule has 2 unspecified atom stereocenters. The van der Waals surface area contributed by atoms with E-state index in [0.717, 1.165) is 19.4 Å². The van der Waals surface area contributed by atoms with Gasteiger partial charge in [0, 0.05) is 12.6 Å². The highest BCUT2D eigenvalue weighted by molar-refractivity contribution is 5.81. The first-order valence-corrected chi connectivity index (χ1v) is 7.75. The van der Waals surface area contributed by atoms with E-state index in [9.17, 15) is 4.79 Å². The maximum Gasteiger partial charge on any atom is 0.237 e. The van der Waals surface area contributed by atoms with Crippen LogP contribution in [-0.2, 0) is 4.79 Å². The van der Waals surface area contributed by atoms with Crippen LogP contribution < -0.4 is 10.6 Å². The first kappa shape index (κ1) is 15.0. The first-order chi connectivity index (χ1) is 9.66. The second-order valence-electron chi connectivity index (χ2n) is 5.93. The van der Waals surface area contributed by atoms with E-state index in [-0.39, 0.29) is 11.9 Å². The predicted molar refractivity (Wildman–Crippen MR) is 82.7 cm³/mol. The highest BCUT2D eigenvalue weighted by Gasteiger charge is 2.20. The molecule has 0 aliphatic heterocycles. The number of amides is 1. The molecular formula is C17H26N2O. The molecular weight excluding hydrogens is 248 g/mol. The monoisotopic (exact) mass is 274 g/mol. The molecule has 0 heterocycles. The zero-order chi connectivity index (χ0) is 14.4. The van der Waals surface area contributed by atoms with E-state index < -0.39 is 0 Å². The largest absolute Gasteiger partial charge is 0.352 e. The number of benzene rings is 1.